The molecule has 1 aromatic heterocycles. The Hall–Kier alpha value is -1.27. The molecule has 1 rings (SSSR count). The predicted molar refractivity (Wildman–Crippen MR) is 74.5 cm³/mol. The van der Waals surface area contributed by atoms with Gasteiger partial charge in [0.2, 0.25) is 5.28 Å². The van der Waals surface area contributed by atoms with Crippen molar-refractivity contribution in [1.82, 2.24) is 19.8 Å². The van der Waals surface area contributed by atoms with E-state index in [0.29, 0.717) is 17.4 Å². The fraction of sp³-hybridized carbons (Fsp3) is 0.636. The molecule has 0 aliphatic heterocycles. The lowest BCUT2D eigenvalue weighted by Gasteiger charge is -2.18. The minimum atomic E-state index is 0.292. The second-order valence-electron chi connectivity index (χ2n) is 4.48. The molecule has 7 heteroatoms. The molecule has 0 aliphatic rings. The minimum Gasteiger partial charge on any atom is -0.401 e. The van der Waals surface area contributed by atoms with E-state index < -0.39 is 0 Å². The molecule has 0 amide bonds. The molecule has 0 aromatic carbocycles. The highest BCUT2D eigenvalue weighted by molar-refractivity contribution is 6.28. The van der Waals surface area contributed by atoms with Gasteiger partial charge in [-0.05, 0) is 46.2 Å². The van der Waals surface area contributed by atoms with E-state index in [9.17, 15) is 0 Å². The molecule has 1 heterocycles. The summed E-state index contributed by atoms with van der Waals surface area (Å²) in [6.45, 7) is 9.81. The fourth-order valence-corrected chi connectivity index (χ4v) is 1.25. The molecule has 0 bridgehead atoms. The van der Waals surface area contributed by atoms with Gasteiger partial charge in [0.05, 0.1) is 0 Å². The summed E-state index contributed by atoms with van der Waals surface area (Å²) in [6, 6.07) is 0.600. The Morgan fingerprint density at radius 2 is 2.00 bits per heavy atom. The first-order chi connectivity index (χ1) is 8.25. The summed E-state index contributed by atoms with van der Waals surface area (Å²) in [5.74, 6) is 5.49. The molecule has 0 unspecified atom stereocenters. The van der Waals surface area contributed by atoms with Gasteiger partial charge in [-0.2, -0.15) is 5.10 Å². The Morgan fingerprint density at radius 3 is 2.17 bits per heavy atom. The molecule has 104 valence electrons. The largest absolute Gasteiger partial charge is 0.401 e. The number of nitrogens with zero attached hydrogens (tertiary/aromatic N) is 4. The zero-order valence-corrected chi connectivity index (χ0v) is 12.4. The van der Waals surface area contributed by atoms with Crippen LogP contribution in [0, 0.1) is 0 Å². The van der Waals surface area contributed by atoms with Crippen LogP contribution >= 0.6 is 11.6 Å². The normalized spacial score (nSPS) is 11.5. The Morgan fingerprint density at radius 1 is 1.44 bits per heavy atom. The highest BCUT2D eigenvalue weighted by atomic mass is 35.5. The summed E-state index contributed by atoms with van der Waals surface area (Å²) in [6.07, 6.45) is 3.16. The summed E-state index contributed by atoms with van der Waals surface area (Å²) < 4.78 is 1.65. The highest BCUT2D eigenvalue weighted by Crippen LogP contribution is 2.08. The summed E-state index contributed by atoms with van der Waals surface area (Å²) in [7, 11) is 0. The lowest BCUT2D eigenvalue weighted by molar-refractivity contribution is 0.320. The van der Waals surface area contributed by atoms with E-state index in [1.165, 1.54) is 6.33 Å². The van der Waals surface area contributed by atoms with Crippen LogP contribution in [0.3, 0.4) is 0 Å². The third-order valence-electron chi connectivity index (χ3n) is 1.97. The Labute approximate surface area is 114 Å². The van der Waals surface area contributed by atoms with Gasteiger partial charge in [-0.3, -0.25) is 0 Å². The van der Waals surface area contributed by atoms with Crippen molar-refractivity contribution >= 4 is 11.6 Å². The fourth-order valence-electron chi connectivity index (χ4n) is 0.966. The van der Waals surface area contributed by atoms with Gasteiger partial charge in [-0.1, -0.05) is 0 Å². The first-order valence-corrected chi connectivity index (χ1v) is 6.15. The van der Waals surface area contributed by atoms with E-state index in [-0.39, 0.29) is 0 Å². The maximum absolute atomic E-state index is 5.62. The second-order valence-corrected chi connectivity index (χ2v) is 4.82. The Kier molecular flexibility index (Phi) is 7.38. The van der Waals surface area contributed by atoms with Crippen LogP contribution in [0.2, 0.25) is 5.28 Å². The van der Waals surface area contributed by atoms with Crippen molar-refractivity contribution < 1.29 is 0 Å². The molecule has 6 nitrogen and oxygen atoms in total. The molecule has 0 spiro atoms. The minimum absolute atomic E-state index is 0.292. The second kappa shape index (κ2) is 7.94. The van der Waals surface area contributed by atoms with Crippen LogP contribution in [0.15, 0.2) is 18.2 Å². The SMILES string of the molecule is C/C(N)=C/N(N)C(C)C.CC(C)n1ncnc1Cl. The predicted octanol–water partition coefficient (Wildman–Crippen LogP) is 1.90. The number of hydrogen-bond acceptors (Lipinski definition) is 5. The van der Waals surface area contributed by atoms with Gasteiger partial charge < -0.3 is 10.7 Å². The van der Waals surface area contributed by atoms with Crippen molar-refractivity contribution in [3.63, 3.8) is 0 Å². The van der Waals surface area contributed by atoms with Gasteiger partial charge in [0.15, 0.2) is 0 Å². The number of aromatic nitrogens is 3. The van der Waals surface area contributed by atoms with Gasteiger partial charge >= 0.3 is 0 Å². The molecule has 1 aromatic rings. The third kappa shape index (κ3) is 6.46. The highest BCUT2D eigenvalue weighted by Gasteiger charge is 2.02. The molecule has 4 N–H and O–H groups in total. The average molecular weight is 275 g/mol. The van der Waals surface area contributed by atoms with Crippen LogP contribution in [-0.2, 0) is 0 Å². The zero-order valence-electron chi connectivity index (χ0n) is 11.6. The van der Waals surface area contributed by atoms with E-state index in [1.807, 2.05) is 34.6 Å². The molecular formula is C11H23ClN6. The number of halogens is 1. The maximum atomic E-state index is 5.62. The summed E-state index contributed by atoms with van der Waals surface area (Å²) in [4.78, 5) is 3.76. The third-order valence-corrected chi connectivity index (χ3v) is 2.24. The molecule has 0 atom stereocenters. The quantitative estimate of drug-likeness (QED) is 0.649. The van der Waals surface area contributed by atoms with Crippen molar-refractivity contribution in [3.05, 3.63) is 23.5 Å². The van der Waals surface area contributed by atoms with Crippen LogP contribution < -0.4 is 11.6 Å². The number of nitrogens with two attached hydrogens (primary N) is 2. The van der Waals surface area contributed by atoms with Crippen LogP contribution in [0.25, 0.3) is 0 Å². The van der Waals surface area contributed by atoms with E-state index in [1.54, 1.807) is 15.9 Å². The maximum Gasteiger partial charge on any atom is 0.221 e. The average Bonchev–Trinajstić information content (AvgIpc) is 2.64. The number of allylic oxidation sites excluding steroid dienone is 1. The molecule has 0 saturated heterocycles. The number of hydrogen-bond donors (Lipinski definition) is 2. The first kappa shape index (κ1) is 16.7. The van der Waals surface area contributed by atoms with Crippen LogP contribution in [0.1, 0.15) is 40.7 Å². The van der Waals surface area contributed by atoms with Gasteiger partial charge in [-0.25, -0.2) is 15.5 Å². The first-order valence-electron chi connectivity index (χ1n) is 5.77. The van der Waals surface area contributed by atoms with E-state index in [0.717, 1.165) is 5.70 Å². The smallest absolute Gasteiger partial charge is 0.221 e. The van der Waals surface area contributed by atoms with Crippen molar-refractivity contribution in [2.45, 2.75) is 46.7 Å². The van der Waals surface area contributed by atoms with Crippen molar-refractivity contribution in [2.75, 3.05) is 0 Å². The zero-order chi connectivity index (χ0) is 14.3. The van der Waals surface area contributed by atoms with E-state index in [4.69, 9.17) is 23.2 Å². The van der Waals surface area contributed by atoms with Crippen LogP contribution in [0.5, 0.6) is 0 Å². The van der Waals surface area contributed by atoms with Gasteiger partial charge in [0, 0.05) is 24.0 Å². The van der Waals surface area contributed by atoms with Crippen LogP contribution in [0.4, 0.5) is 0 Å². The van der Waals surface area contributed by atoms with Gasteiger partial charge in [-0.15, -0.1) is 0 Å². The molecule has 18 heavy (non-hydrogen) atoms. The standard InChI is InChI=1S/C6H15N3.C5H8ClN3/c1-5(2)9(8)4-6(3)7;1-4(2)9-5(6)7-3-8-9/h4-5H,7-8H2,1-3H3;3-4H,1-2H3/b6-4-;. The van der Waals surface area contributed by atoms with Crippen molar-refractivity contribution in [3.8, 4) is 0 Å². The van der Waals surface area contributed by atoms with Crippen molar-refractivity contribution in [2.24, 2.45) is 11.6 Å². The van der Waals surface area contributed by atoms with Crippen LogP contribution in [-0.4, -0.2) is 25.8 Å². The van der Waals surface area contributed by atoms with E-state index >= 15 is 0 Å². The van der Waals surface area contributed by atoms with E-state index in [2.05, 4.69) is 10.1 Å². The molecular weight excluding hydrogens is 252 g/mol. The summed E-state index contributed by atoms with van der Waals surface area (Å²) >= 11 is 5.62. The molecule has 0 saturated carbocycles. The van der Waals surface area contributed by atoms with Crippen molar-refractivity contribution in [1.29, 1.82) is 0 Å². The monoisotopic (exact) mass is 274 g/mol. The lowest BCUT2D eigenvalue weighted by Crippen LogP contribution is -2.32. The lowest BCUT2D eigenvalue weighted by atomic mass is 10.4. The van der Waals surface area contributed by atoms with Gasteiger partial charge in [0.1, 0.15) is 6.33 Å². The molecule has 0 aliphatic carbocycles. The topological polar surface area (TPSA) is 86.0 Å². The summed E-state index contributed by atoms with van der Waals surface area (Å²) in [5.41, 5.74) is 6.10. The molecule has 0 radical (unpaired) electrons. The molecule has 0 fully saturated rings. The Balaban J connectivity index is 0.000000321. The number of rotatable bonds is 3. The Bertz CT molecular complexity index is 367. The van der Waals surface area contributed by atoms with Gasteiger partial charge in [0.25, 0.3) is 0 Å². The summed E-state index contributed by atoms with van der Waals surface area (Å²) in [5, 5.41) is 5.92. The number of hydrazine groups is 1.